The fraction of sp³-hybridized carbons (Fsp3) is 0.240. The van der Waals surface area contributed by atoms with E-state index in [4.69, 9.17) is 0 Å². The maximum absolute atomic E-state index is 14.6. The highest BCUT2D eigenvalue weighted by Crippen LogP contribution is 2.33. The van der Waals surface area contributed by atoms with Gasteiger partial charge in [0.2, 0.25) is 0 Å². The molecule has 8 nitrogen and oxygen atoms in total. The lowest BCUT2D eigenvalue weighted by atomic mass is 9.90. The number of urea groups is 1. The molecule has 3 aromatic rings. The number of aryl methyl sites for hydroxylation is 2. The van der Waals surface area contributed by atoms with Crippen LogP contribution in [0.2, 0.25) is 0 Å². The SMILES string of the molecule is Cc1ccccc1-c1cc(F)cc(C(CC(=O)O)NC(=O)Nc2c(O)cc(C)n(C)c2=O)c1C. The number of nitrogens with zero attached hydrogens (tertiary/aromatic N) is 1. The van der Waals surface area contributed by atoms with E-state index in [0.717, 1.165) is 11.1 Å². The van der Waals surface area contributed by atoms with Crippen molar-refractivity contribution in [2.45, 2.75) is 33.2 Å². The summed E-state index contributed by atoms with van der Waals surface area (Å²) in [5, 5.41) is 24.3. The molecule has 1 heterocycles. The highest BCUT2D eigenvalue weighted by atomic mass is 19.1. The number of carboxylic acid groups (broad SMARTS) is 1. The molecule has 0 aliphatic carbocycles. The molecule has 4 N–H and O–H groups in total. The topological polar surface area (TPSA) is 121 Å². The summed E-state index contributed by atoms with van der Waals surface area (Å²) in [6.07, 6.45) is -0.525. The molecule has 0 aliphatic rings. The first-order valence-electron chi connectivity index (χ1n) is 10.5. The van der Waals surface area contributed by atoms with Crippen LogP contribution in [0.15, 0.2) is 47.3 Å². The summed E-state index contributed by atoms with van der Waals surface area (Å²) in [5.74, 6) is -2.21. The monoisotopic (exact) mass is 467 g/mol. The first kappa shape index (κ1) is 24.5. The minimum absolute atomic E-state index is 0.289. The number of amides is 2. The molecule has 2 amide bonds. The number of carbonyl (C=O) groups is 2. The van der Waals surface area contributed by atoms with Gasteiger partial charge >= 0.3 is 12.0 Å². The van der Waals surface area contributed by atoms with Crippen molar-refractivity contribution in [2.75, 3.05) is 5.32 Å². The number of hydrogen-bond donors (Lipinski definition) is 4. The summed E-state index contributed by atoms with van der Waals surface area (Å²) in [6, 6.07) is 9.25. The van der Waals surface area contributed by atoms with Gasteiger partial charge in [0, 0.05) is 18.8 Å². The number of aromatic nitrogens is 1. The fourth-order valence-electron chi connectivity index (χ4n) is 3.86. The zero-order valence-corrected chi connectivity index (χ0v) is 19.3. The maximum Gasteiger partial charge on any atom is 0.319 e. The van der Waals surface area contributed by atoms with Crippen LogP contribution < -0.4 is 16.2 Å². The van der Waals surface area contributed by atoms with Crippen LogP contribution in [0, 0.1) is 26.6 Å². The zero-order valence-electron chi connectivity index (χ0n) is 19.3. The lowest BCUT2D eigenvalue weighted by Gasteiger charge is -2.22. The van der Waals surface area contributed by atoms with E-state index in [1.165, 1.54) is 29.8 Å². The number of carboxylic acids is 1. The van der Waals surface area contributed by atoms with Crippen LogP contribution in [-0.4, -0.2) is 26.8 Å². The van der Waals surface area contributed by atoms with Crippen LogP contribution in [0.5, 0.6) is 5.75 Å². The zero-order chi connectivity index (χ0) is 25.2. The number of benzene rings is 2. The Morgan fingerprint density at radius 1 is 1.09 bits per heavy atom. The van der Waals surface area contributed by atoms with Crippen molar-refractivity contribution >= 4 is 17.7 Å². The number of hydrogen-bond acceptors (Lipinski definition) is 4. The molecule has 1 unspecified atom stereocenters. The van der Waals surface area contributed by atoms with Gasteiger partial charge in [-0.2, -0.15) is 0 Å². The standard InChI is InChI=1S/C25H26FN3O5/c1-13-7-5-6-8-17(13)18-10-16(26)11-19(15(18)3)20(12-22(31)32)27-25(34)28-23-21(30)9-14(2)29(4)24(23)33/h5-11,20,30H,12H2,1-4H3,(H,31,32)(H2,27,28,34). The molecule has 0 bridgehead atoms. The predicted octanol–water partition coefficient (Wildman–Crippen LogP) is 4.16. The first-order valence-corrected chi connectivity index (χ1v) is 10.5. The summed E-state index contributed by atoms with van der Waals surface area (Å²) in [4.78, 5) is 36.7. The number of anilines is 1. The van der Waals surface area contributed by atoms with Gasteiger partial charge in [-0.15, -0.1) is 0 Å². The Morgan fingerprint density at radius 2 is 1.76 bits per heavy atom. The molecule has 2 aromatic carbocycles. The second-order valence-electron chi connectivity index (χ2n) is 8.14. The number of halogens is 1. The van der Waals surface area contributed by atoms with E-state index >= 15 is 0 Å². The molecule has 0 radical (unpaired) electrons. The van der Waals surface area contributed by atoms with Gasteiger partial charge in [-0.1, -0.05) is 24.3 Å². The normalized spacial score (nSPS) is 11.7. The molecule has 0 aliphatic heterocycles. The van der Waals surface area contributed by atoms with E-state index in [1.807, 2.05) is 31.2 Å². The smallest absolute Gasteiger partial charge is 0.319 e. The Morgan fingerprint density at radius 3 is 2.41 bits per heavy atom. The largest absolute Gasteiger partial charge is 0.505 e. The Kier molecular flexibility index (Phi) is 7.05. The van der Waals surface area contributed by atoms with Gasteiger partial charge in [0.05, 0.1) is 12.5 Å². The quantitative estimate of drug-likeness (QED) is 0.434. The second kappa shape index (κ2) is 9.78. The molecule has 178 valence electrons. The average molecular weight is 467 g/mol. The van der Waals surface area contributed by atoms with Crippen molar-refractivity contribution in [1.29, 1.82) is 0 Å². The molecule has 3 rings (SSSR count). The average Bonchev–Trinajstić information content (AvgIpc) is 2.76. The van der Waals surface area contributed by atoms with Crippen LogP contribution in [0.25, 0.3) is 11.1 Å². The molecular weight excluding hydrogens is 441 g/mol. The van der Waals surface area contributed by atoms with Gasteiger partial charge in [0.15, 0.2) is 5.69 Å². The number of carbonyl (C=O) groups excluding carboxylic acids is 1. The molecule has 9 heteroatoms. The van der Waals surface area contributed by atoms with Crippen LogP contribution in [-0.2, 0) is 11.8 Å². The van der Waals surface area contributed by atoms with Gasteiger partial charge in [0.25, 0.3) is 5.56 Å². The lowest BCUT2D eigenvalue weighted by molar-refractivity contribution is -0.137. The number of pyridine rings is 1. The van der Waals surface area contributed by atoms with Crippen LogP contribution in [0.3, 0.4) is 0 Å². The van der Waals surface area contributed by atoms with Crippen molar-refractivity contribution in [1.82, 2.24) is 9.88 Å². The number of rotatable bonds is 6. The summed E-state index contributed by atoms with van der Waals surface area (Å²) < 4.78 is 15.9. The van der Waals surface area contributed by atoms with Crippen molar-refractivity contribution in [3.63, 3.8) is 0 Å². The summed E-state index contributed by atoms with van der Waals surface area (Å²) in [7, 11) is 1.48. The number of aromatic hydroxyl groups is 1. The third-order valence-electron chi connectivity index (χ3n) is 5.80. The maximum atomic E-state index is 14.6. The fourth-order valence-corrected chi connectivity index (χ4v) is 3.86. The molecule has 1 atom stereocenters. The van der Waals surface area contributed by atoms with Crippen molar-refractivity contribution in [3.05, 3.63) is 81.0 Å². The minimum Gasteiger partial charge on any atom is -0.505 e. The van der Waals surface area contributed by atoms with Crippen molar-refractivity contribution in [3.8, 4) is 16.9 Å². The Labute approximate surface area is 195 Å². The third kappa shape index (κ3) is 5.09. The first-order chi connectivity index (χ1) is 16.0. The van der Waals surface area contributed by atoms with E-state index in [1.54, 1.807) is 13.8 Å². The Hall–Kier alpha value is -4.14. The van der Waals surface area contributed by atoms with E-state index in [2.05, 4.69) is 10.6 Å². The highest BCUT2D eigenvalue weighted by molar-refractivity contribution is 5.91. The van der Waals surface area contributed by atoms with Gasteiger partial charge < -0.3 is 25.4 Å². The molecular formula is C25H26FN3O5. The summed E-state index contributed by atoms with van der Waals surface area (Å²) in [5.41, 5.74) is 2.67. The van der Waals surface area contributed by atoms with E-state index < -0.39 is 41.6 Å². The van der Waals surface area contributed by atoms with E-state index in [-0.39, 0.29) is 11.3 Å². The van der Waals surface area contributed by atoms with Gasteiger partial charge in [-0.3, -0.25) is 9.59 Å². The van der Waals surface area contributed by atoms with Gasteiger partial charge in [-0.05, 0) is 60.7 Å². The van der Waals surface area contributed by atoms with Crippen LogP contribution in [0.4, 0.5) is 14.9 Å². The Bertz CT molecular complexity index is 1330. The molecule has 1 aromatic heterocycles. The second-order valence-corrected chi connectivity index (χ2v) is 8.14. The minimum atomic E-state index is -1.21. The van der Waals surface area contributed by atoms with Crippen LogP contribution in [0.1, 0.15) is 34.8 Å². The third-order valence-corrected chi connectivity index (χ3v) is 5.80. The molecule has 0 saturated heterocycles. The molecule has 0 saturated carbocycles. The Balaban J connectivity index is 2.00. The van der Waals surface area contributed by atoms with E-state index in [0.29, 0.717) is 16.8 Å². The van der Waals surface area contributed by atoms with Gasteiger partial charge in [0.1, 0.15) is 11.6 Å². The summed E-state index contributed by atoms with van der Waals surface area (Å²) in [6.45, 7) is 5.23. The highest BCUT2D eigenvalue weighted by Gasteiger charge is 2.24. The summed E-state index contributed by atoms with van der Waals surface area (Å²) >= 11 is 0. The van der Waals surface area contributed by atoms with E-state index in [9.17, 15) is 29.0 Å². The van der Waals surface area contributed by atoms with Crippen LogP contribution >= 0.6 is 0 Å². The predicted molar refractivity (Wildman–Crippen MR) is 127 cm³/mol. The number of nitrogens with one attached hydrogen (secondary N) is 2. The van der Waals surface area contributed by atoms with Crippen molar-refractivity contribution in [2.24, 2.45) is 7.05 Å². The molecule has 0 spiro atoms. The van der Waals surface area contributed by atoms with Crippen molar-refractivity contribution < 1.29 is 24.2 Å². The number of aliphatic carboxylic acids is 1. The molecule has 0 fully saturated rings. The molecule has 34 heavy (non-hydrogen) atoms. The lowest BCUT2D eigenvalue weighted by Crippen LogP contribution is -2.36. The van der Waals surface area contributed by atoms with Gasteiger partial charge in [-0.25, -0.2) is 9.18 Å².